The summed E-state index contributed by atoms with van der Waals surface area (Å²) in [5.74, 6) is 2.55. The van der Waals surface area contributed by atoms with E-state index in [9.17, 15) is 0 Å². The zero-order valence-corrected chi connectivity index (χ0v) is 52.7. The summed E-state index contributed by atoms with van der Waals surface area (Å²) in [5, 5.41) is 2.18. The fraction of sp³-hybridized carbons (Fsp3) is 0.686. The maximum absolute atomic E-state index is 15.8. The first-order chi connectivity index (χ1) is 39.0. The molecule has 0 spiro atoms. The molecular formula is C70H106N2O4S3. The second kappa shape index (κ2) is 36.2. The molecule has 6 nitrogen and oxygen atoms in total. The quantitative estimate of drug-likeness (QED) is 0.0364. The van der Waals surface area contributed by atoms with Crippen molar-refractivity contribution < 1.29 is 18.4 Å². The van der Waals surface area contributed by atoms with Gasteiger partial charge in [0.05, 0.1) is 31.7 Å². The highest BCUT2D eigenvalue weighted by Gasteiger charge is 2.51. The zero-order chi connectivity index (χ0) is 55.3. The molecule has 2 unspecified atom stereocenters. The lowest BCUT2D eigenvalue weighted by Gasteiger charge is -2.29. The largest absolute Gasteiger partial charge is 0.463 e. The SMILES string of the molecule is CCCCCCCCCCCCC(CCCCCCCCCC)CN1C(=O)C2=C(c3ccc(-c4cc5sc6ccsc6c5s4)o3)N(CC(CCCCCCCCCC)CCCCCCCCCCCC)C(=O)C2=C1c1ccco1. The van der Waals surface area contributed by atoms with E-state index < -0.39 is 0 Å². The van der Waals surface area contributed by atoms with E-state index in [0.717, 1.165) is 36.3 Å². The van der Waals surface area contributed by atoms with Crippen LogP contribution in [0.25, 0.3) is 40.8 Å². The third kappa shape index (κ3) is 19.3. The molecule has 5 aromatic heterocycles. The van der Waals surface area contributed by atoms with Gasteiger partial charge in [-0.15, -0.1) is 34.0 Å². The van der Waals surface area contributed by atoms with Crippen molar-refractivity contribution >= 4 is 76.0 Å². The van der Waals surface area contributed by atoms with E-state index in [-0.39, 0.29) is 11.8 Å². The van der Waals surface area contributed by atoms with Crippen LogP contribution >= 0.6 is 34.0 Å². The minimum absolute atomic E-state index is 0.0692. The van der Waals surface area contributed by atoms with Gasteiger partial charge in [0.1, 0.15) is 17.2 Å². The number of hydrogen-bond acceptors (Lipinski definition) is 7. The molecule has 2 atom stereocenters. The van der Waals surface area contributed by atoms with Crippen molar-refractivity contribution in [2.45, 2.75) is 285 Å². The normalized spacial score (nSPS) is 14.7. The molecule has 2 aliphatic rings. The molecule has 0 N–H and O–H groups in total. The summed E-state index contributed by atoms with van der Waals surface area (Å²) in [5.41, 5.74) is 2.36. The molecule has 0 saturated heterocycles. The summed E-state index contributed by atoms with van der Waals surface area (Å²) >= 11 is 5.43. The molecule has 438 valence electrons. The molecule has 5 aromatic rings. The van der Waals surface area contributed by atoms with Crippen LogP contribution in [-0.4, -0.2) is 34.7 Å². The fourth-order valence-electron chi connectivity index (χ4n) is 12.8. The van der Waals surface area contributed by atoms with Crippen molar-refractivity contribution in [2.24, 2.45) is 11.8 Å². The van der Waals surface area contributed by atoms with Gasteiger partial charge in [-0.2, -0.15) is 0 Å². The number of carbonyl (C=O) groups is 2. The summed E-state index contributed by atoms with van der Waals surface area (Å²) < 4.78 is 18.6. The summed E-state index contributed by atoms with van der Waals surface area (Å²) in [4.78, 5) is 36.6. The van der Waals surface area contributed by atoms with Crippen LogP contribution in [0, 0.1) is 11.8 Å². The van der Waals surface area contributed by atoms with E-state index in [0.29, 0.717) is 59.0 Å². The third-order valence-electron chi connectivity index (χ3n) is 17.5. The van der Waals surface area contributed by atoms with Crippen LogP contribution < -0.4 is 0 Å². The first-order valence-corrected chi connectivity index (χ1v) is 35.6. The smallest absolute Gasteiger partial charge is 0.261 e. The molecule has 7 rings (SSSR count). The van der Waals surface area contributed by atoms with E-state index in [1.165, 1.54) is 250 Å². The van der Waals surface area contributed by atoms with Crippen molar-refractivity contribution in [1.82, 2.24) is 9.80 Å². The predicted molar refractivity (Wildman–Crippen MR) is 343 cm³/mol. The summed E-state index contributed by atoms with van der Waals surface area (Å²) in [6.07, 6.45) is 53.0. The van der Waals surface area contributed by atoms with Crippen molar-refractivity contribution in [3.8, 4) is 10.6 Å². The summed E-state index contributed by atoms with van der Waals surface area (Å²) in [6.45, 7) is 10.4. The number of carbonyl (C=O) groups excluding carboxylic acids is 2. The van der Waals surface area contributed by atoms with Gasteiger partial charge in [-0.25, -0.2) is 0 Å². The molecule has 0 radical (unpaired) electrons. The van der Waals surface area contributed by atoms with Crippen LogP contribution in [0.2, 0.25) is 0 Å². The molecule has 79 heavy (non-hydrogen) atoms. The van der Waals surface area contributed by atoms with Gasteiger partial charge in [0, 0.05) is 22.5 Å². The monoisotopic (exact) mass is 1130 g/mol. The van der Waals surface area contributed by atoms with Gasteiger partial charge in [-0.3, -0.25) is 9.59 Å². The topological polar surface area (TPSA) is 66.9 Å². The van der Waals surface area contributed by atoms with Crippen LogP contribution in [0.3, 0.4) is 0 Å². The first kappa shape index (κ1) is 63.2. The van der Waals surface area contributed by atoms with Gasteiger partial charge in [0.15, 0.2) is 11.5 Å². The number of hydrogen-bond donors (Lipinski definition) is 0. The van der Waals surface area contributed by atoms with Crippen molar-refractivity contribution in [2.75, 3.05) is 13.1 Å². The first-order valence-electron chi connectivity index (χ1n) is 33.1. The number of rotatable bonds is 47. The second-order valence-electron chi connectivity index (χ2n) is 24.1. The van der Waals surface area contributed by atoms with Gasteiger partial charge >= 0.3 is 0 Å². The maximum Gasteiger partial charge on any atom is 0.261 e. The van der Waals surface area contributed by atoms with Crippen LogP contribution in [0.15, 0.2) is 68.0 Å². The summed E-state index contributed by atoms with van der Waals surface area (Å²) in [7, 11) is 0. The Morgan fingerprint density at radius 3 is 1.22 bits per heavy atom. The Bertz CT molecular complexity index is 2530. The average molecular weight is 1140 g/mol. The van der Waals surface area contributed by atoms with E-state index in [2.05, 4.69) is 51.3 Å². The fourth-order valence-corrected chi connectivity index (χ4v) is 16.5. The highest BCUT2D eigenvalue weighted by atomic mass is 32.1. The molecule has 0 aromatic carbocycles. The third-order valence-corrected chi connectivity index (χ3v) is 21.1. The minimum atomic E-state index is -0.0692. The molecule has 7 heterocycles. The Morgan fingerprint density at radius 2 is 0.810 bits per heavy atom. The minimum Gasteiger partial charge on any atom is -0.463 e. The average Bonchev–Trinajstić information content (AvgIpc) is 4.39. The molecular weight excluding hydrogens is 1030 g/mol. The Balaban J connectivity index is 1.15. The molecule has 2 aliphatic heterocycles. The van der Waals surface area contributed by atoms with Gasteiger partial charge < -0.3 is 18.6 Å². The highest BCUT2D eigenvalue weighted by molar-refractivity contribution is 7.38. The molecule has 9 heteroatoms. The van der Waals surface area contributed by atoms with Crippen LogP contribution in [0.1, 0.15) is 296 Å². The number of fused-ring (bicyclic) bond motifs is 4. The van der Waals surface area contributed by atoms with Crippen LogP contribution in [0.5, 0.6) is 0 Å². The standard InChI is InChI=1S/C70H106N2O4S3/c1-5-9-13-17-21-25-27-31-35-39-43-55(42-37-33-29-23-19-15-11-7-3)53-71-65(58-46-41-50-75-58)63-64(70(71)74)66(59-48-47-57(76-59)61-52-62-68(79-61)67-60(78-62)49-51-77-67)72(69(63)73)54-56(44-38-34-30-24-20-16-12-8-4)45-40-36-32-28-26-22-18-14-10-6-2/h41,46-52,55-56H,5-40,42-45,53-54H2,1-4H3. The molecule has 0 bridgehead atoms. The van der Waals surface area contributed by atoms with E-state index in [1.807, 2.05) is 39.3 Å². The number of thiophene rings is 3. The van der Waals surface area contributed by atoms with Gasteiger partial charge in [0.2, 0.25) is 0 Å². The summed E-state index contributed by atoms with van der Waals surface area (Å²) in [6, 6.07) is 12.5. The lowest BCUT2D eigenvalue weighted by molar-refractivity contribution is -0.124. The lowest BCUT2D eigenvalue weighted by atomic mass is 9.93. The van der Waals surface area contributed by atoms with Crippen molar-refractivity contribution in [3.63, 3.8) is 0 Å². The van der Waals surface area contributed by atoms with Gasteiger partial charge in [-0.05, 0) is 79.3 Å². The predicted octanol–water partition coefficient (Wildman–Crippen LogP) is 23.8. The number of amides is 2. The van der Waals surface area contributed by atoms with Crippen molar-refractivity contribution in [1.29, 1.82) is 0 Å². The van der Waals surface area contributed by atoms with Gasteiger partial charge in [-0.1, -0.05) is 259 Å². The number of furan rings is 2. The lowest BCUT2D eigenvalue weighted by Crippen LogP contribution is -2.34. The van der Waals surface area contributed by atoms with E-state index in [4.69, 9.17) is 8.83 Å². The Morgan fingerprint density at radius 1 is 0.418 bits per heavy atom. The number of nitrogens with zero attached hydrogens (tertiary/aromatic N) is 2. The second-order valence-corrected chi connectivity index (χ2v) is 27.2. The molecule has 2 amide bonds. The van der Waals surface area contributed by atoms with E-state index >= 15 is 9.59 Å². The molecule has 0 saturated carbocycles. The van der Waals surface area contributed by atoms with E-state index in [1.54, 1.807) is 28.9 Å². The van der Waals surface area contributed by atoms with Crippen LogP contribution in [0.4, 0.5) is 0 Å². The molecule has 0 fully saturated rings. The Kier molecular flexibility index (Phi) is 29.0. The highest BCUT2D eigenvalue weighted by Crippen LogP contribution is 2.50. The van der Waals surface area contributed by atoms with Crippen molar-refractivity contribution in [3.05, 3.63) is 70.7 Å². The molecule has 0 aliphatic carbocycles. The Hall–Kier alpha value is -3.40. The zero-order valence-electron chi connectivity index (χ0n) is 50.2. The van der Waals surface area contributed by atoms with Gasteiger partial charge in [0.25, 0.3) is 11.8 Å². The Labute approximate surface area is 492 Å². The maximum atomic E-state index is 15.8. The number of unbranched alkanes of at least 4 members (excludes halogenated alkanes) is 32. The van der Waals surface area contributed by atoms with Crippen LogP contribution in [-0.2, 0) is 9.59 Å².